The van der Waals surface area contributed by atoms with Crippen molar-refractivity contribution in [1.29, 1.82) is 0 Å². The number of ether oxygens (including phenoxy) is 1. The molecule has 0 N–H and O–H groups in total. The maximum absolute atomic E-state index is 13.1. The summed E-state index contributed by atoms with van der Waals surface area (Å²) in [6, 6.07) is 7.32. The quantitative estimate of drug-likeness (QED) is 0.781. The Balaban J connectivity index is 2.27. The fraction of sp³-hybridized carbons (Fsp3) is 0.357. The molecule has 0 aromatic heterocycles. The van der Waals surface area contributed by atoms with Gasteiger partial charge in [-0.2, -0.15) is 13.2 Å². The number of alkyl halides is 3. The number of benzene rings is 1. The second-order valence-corrected chi connectivity index (χ2v) is 4.36. The van der Waals surface area contributed by atoms with Crippen LogP contribution >= 0.6 is 0 Å². The molecule has 108 valence electrons. The Morgan fingerprint density at radius 2 is 1.75 bits per heavy atom. The zero-order valence-electron chi connectivity index (χ0n) is 10.7. The van der Waals surface area contributed by atoms with Crippen molar-refractivity contribution in [3.63, 3.8) is 0 Å². The molecule has 6 heteroatoms. The number of carbonyl (C=O) groups excluding carboxylic acids is 1. The first kappa shape index (κ1) is 14.6. The van der Waals surface area contributed by atoms with Crippen molar-refractivity contribution >= 4 is 11.5 Å². The van der Waals surface area contributed by atoms with E-state index in [1.165, 1.54) is 29.2 Å². The Morgan fingerprint density at radius 1 is 1.15 bits per heavy atom. The maximum atomic E-state index is 13.1. The molecule has 0 saturated carbocycles. The number of allylic oxidation sites excluding steroid dienone is 1. The van der Waals surface area contributed by atoms with Crippen LogP contribution < -0.4 is 0 Å². The van der Waals surface area contributed by atoms with E-state index < -0.39 is 17.7 Å². The third-order valence-electron chi connectivity index (χ3n) is 2.98. The first-order valence-corrected chi connectivity index (χ1v) is 6.19. The number of halogens is 3. The van der Waals surface area contributed by atoms with Gasteiger partial charge in [0.05, 0.1) is 18.8 Å². The van der Waals surface area contributed by atoms with Crippen LogP contribution in [0.3, 0.4) is 0 Å². The van der Waals surface area contributed by atoms with Crippen LogP contribution in [0.1, 0.15) is 5.56 Å². The Kier molecular flexibility index (Phi) is 4.44. The van der Waals surface area contributed by atoms with Crippen molar-refractivity contribution in [3.8, 4) is 0 Å². The van der Waals surface area contributed by atoms with Gasteiger partial charge >= 0.3 is 6.18 Å². The smallest absolute Gasteiger partial charge is 0.378 e. The SMILES string of the molecule is O=C(C=C(c1ccccc1)C(F)(F)F)N1CCOCC1. The van der Waals surface area contributed by atoms with Gasteiger partial charge in [-0.25, -0.2) is 0 Å². The average molecular weight is 285 g/mol. The van der Waals surface area contributed by atoms with Crippen molar-refractivity contribution in [1.82, 2.24) is 4.90 Å². The predicted molar refractivity (Wildman–Crippen MR) is 67.9 cm³/mol. The van der Waals surface area contributed by atoms with Crippen LogP contribution in [0.4, 0.5) is 13.2 Å². The molecule has 0 aliphatic carbocycles. The van der Waals surface area contributed by atoms with Gasteiger partial charge in [-0.15, -0.1) is 0 Å². The summed E-state index contributed by atoms with van der Waals surface area (Å²) in [4.78, 5) is 13.3. The van der Waals surface area contributed by atoms with Gasteiger partial charge in [-0.1, -0.05) is 30.3 Å². The molecular formula is C14H14F3NO2. The minimum Gasteiger partial charge on any atom is -0.378 e. The highest BCUT2D eigenvalue weighted by atomic mass is 19.4. The van der Waals surface area contributed by atoms with Crippen molar-refractivity contribution in [3.05, 3.63) is 42.0 Å². The first-order chi connectivity index (χ1) is 9.48. The number of amides is 1. The van der Waals surface area contributed by atoms with E-state index in [-0.39, 0.29) is 5.56 Å². The lowest BCUT2D eigenvalue weighted by molar-refractivity contribution is -0.130. The maximum Gasteiger partial charge on any atom is 0.417 e. The molecule has 0 bridgehead atoms. The first-order valence-electron chi connectivity index (χ1n) is 6.19. The molecule has 3 nitrogen and oxygen atoms in total. The Morgan fingerprint density at radius 3 is 2.30 bits per heavy atom. The predicted octanol–water partition coefficient (Wildman–Crippen LogP) is 2.49. The second kappa shape index (κ2) is 6.09. The molecule has 2 rings (SSSR count). The summed E-state index contributed by atoms with van der Waals surface area (Å²) in [6.45, 7) is 1.34. The van der Waals surface area contributed by atoms with Crippen molar-refractivity contribution in [2.24, 2.45) is 0 Å². The molecule has 1 aromatic carbocycles. The monoisotopic (exact) mass is 285 g/mol. The molecule has 1 saturated heterocycles. The molecule has 0 unspecified atom stereocenters. The summed E-state index contributed by atoms with van der Waals surface area (Å²) in [5.41, 5.74) is -0.934. The van der Waals surface area contributed by atoms with Gasteiger partial charge in [-0.05, 0) is 5.56 Å². The Labute approximate surface area is 114 Å². The Bertz CT molecular complexity index is 491. The van der Waals surface area contributed by atoms with Crippen LogP contribution in [0.5, 0.6) is 0 Å². The van der Waals surface area contributed by atoms with Crippen LogP contribution in [-0.2, 0) is 9.53 Å². The van der Waals surface area contributed by atoms with Crippen LogP contribution in [0.2, 0.25) is 0 Å². The fourth-order valence-corrected chi connectivity index (χ4v) is 1.95. The largest absolute Gasteiger partial charge is 0.417 e. The molecule has 1 aliphatic heterocycles. The number of carbonyl (C=O) groups is 1. The van der Waals surface area contributed by atoms with E-state index in [2.05, 4.69) is 0 Å². The van der Waals surface area contributed by atoms with Crippen molar-refractivity contribution in [2.45, 2.75) is 6.18 Å². The Hall–Kier alpha value is -1.82. The van der Waals surface area contributed by atoms with Gasteiger partial charge in [0.2, 0.25) is 5.91 Å². The summed E-state index contributed by atoms with van der Waals surface area (Å²) in [5.74, 6) is -0.635. The number of nitrogens with zero attached hydrogens (tertiary/aromatic N) is 1. The van der Waals surface area contributed by atoms with Gasteiger partial charge < -0.3 is 9.64 Å². The van der Waals surface area contributed by atoms with Crippen LogP contribution in [0.15, 0.2) is 36.4 Å². The third kappa shape index (κ3) is 3.60. The zero-order chi connectivity index (χ0) is 14.6. The minimum atomic E-state index is -4.57. The lowest BCUT2D eigenvalue weighted by atomic mass is 10.0. The summed E-state index contributed by atoms with van der Waals surface area (Å²) in [6.07, 6.45) is -3.90. The van der Waals surface area contributed by atoms with E-state index in [1.54, 1.807) is 6.07 Å². The molecule has 0 atom stereocenters. The summed E-state index contributed by atoms with van der Waals surface area (Å²) < 4.78 is 44.3. The normalized spacial score (nSPS) is 17.1. The van der Waals surface area contributed by atoms with Gasteiger partial charge in [0.15, 0.2) is 0 Å². The molecule has 1 aromatic rings. The van der Waals surface area contributed by atoms with Crippen molar-refractivity contribution in [2.75, 3.05) is 26.3 Å². The van der Waals surface area contributed by atoms with Crippen molar-refractivity contribution < 1.29 is 22.7 Å². The average Bonchev–Trinajstić information content (AvgIpc) is 2.45. The molecule has 1 heterocycles. The summed E-state index contributed by atoms with van der Waals surface area (Å²) in [5, 5.41) is 0. The van der Waals surface area contributed by atoms with Gasteiger partial charge in [0.1, 0.15) is 0 Å². The highest BCUT2D eigenvalue weighted by Crippen LogP contribution is 2.33. The fourth-order valence-electron chi connectivity index (χ4n) is 1.95. The molecule has 0 radical (unpaired) electrons. The van der Waals surface area contributed by atoms with Crippen LogP contribution in [0, 0.1) is 0 Å². The van der Waals surface area contributed by atoms with Gasteiger partial charge in [-0.3, -0.25) is 4.79 Å². The lowest BCUT2D eigenvalue weighted by Gasteiger charge is -2.26. The van der Waals surface area contributed by atoms with Gasteiger partial charge in [0.25, 0.3) is 0 Å². The molecule has 1 amide bonds. The van der Waals surface area contributed by atoms with E-state index in [1.807, 2.05) is 0 Å². The van der Waals surface area contributed by atoms with E-state index in [0.29, 0.717) is 32.4 Å². The number of hydrogen-bond acceptors (Lipinski definition) is 2. The topological polar surface area (TPSA) is 29.5 Å². The lowest BCUT2D eigenvalue weighted by Crippen LogP contribution is -2.40. The highest BCUT2D eigenvalue weighted by molar-refractivity contribution is 5.96. The van der Waals surface area contributed by atoms with Crippen LogP contribution in [0.25, 0.3) is 5.57 Å². The minimum absolute atomic E-state index is 0.0124. The van der Waals surface area contributed by atoms with E-state index >= 15 is 0 Å². The second-order valence-electron chi connectivity index (χ2n) is 4.36. The number of rotatable bonds is 2. The number of morpholine rings is 1. The van der Waals surface area contributed by atoms with E-state index in [0.717, 1.165) is 0 Å². The molecule has 0 spiro atoms. The van der Waals surface area contributed by atoms with Gasteiger partial charge in [0, 0.05) is 19.2 Å². The number of hydrogen-bond donors (Lipinski definition) is 0. The molecule has 1 fully saturated rings. The molecular weight excluding hydrogens is 271 g/mol. The highest BCUT2D eigenvalue weighted by Gasteiger charge is 2.35. The van der Waals surface area contributed by atoms with Crippen LogP contribution in [-0.4, -0.2) is 43.3 Å². The summed E-state index contributed by atoms with van der Waals surface area (Å²) in [7, 11) is 0. The standard InChI is InChI=1S/C14H14F3NO2/c15-14(16,17)12(11-4-2-1-3-5-11)10-13(19)18-6-8-20-9-7-18/h1-5,10H,6-9H2. The summed E-state index contributed by atoms with van der Waals surface area (Å²) >= 11 is 0. The molecule has 1 aliphatic rings. The van der Waals surface area contributed by atoms with E-state index in [9.17, 15) is 18.0 Å². The third-order valence-corrected chi connectivity index (χ3v) is 2.98. The zero-order valence-corrected chi connectivity index (χ0v) is 10.7. The molecule has 20 heavy (non-hydrogen) atoms. The van der Waals surface area contributed by atoms with E-state index in [4.69, 9.17) is 4.74 Å².